The molecule has 2 rings (SSSR count). The van der Waals surface area contributed by atoms with E-state index in [4.69, 9.17) is 5.11 Å². The van der Waals surface area contributed by atoms with E-state index in [0.717, 1.165) is 31.9 Å². The third-order valence-corrected chi connectivity index (χ3v) is 3.70. The summed E-state index contributed by atoms with van der Waals surface area (Å²) < 4.78 is 38.9. The second-order valence-corrected chi connectivity index (χ2v) is 5.04. The van der Waals surface area contributed by atoms with Crippen LogP contribution in [0.25, 0.3) is 0 Å². The number of hydrogen-bond acceptors (Lipinski definition) is 2. The van der Waals surface area contributed by atoms with E-state index in [-0.39, 0.29) is 11.6 Å². The minimum atomic E-state index is -4.42. The van der Waals surface area contributed by atoms with Crippen LogP contribution in [0.15, 0.2) is 18.2 Å². The lowest BCUT2D eigenvalue weighted by Gasteiger charge is -2.36. The van der Waals surface area contributed by atoms with Gasteiger partial charge in [-0.3, -0.25) is 0 Å². The second kappa shape index (κ2) is 5.41. The standard InChI is InChI=1S/C14H18F3NO/c1-10-4-2-3-7-18(10)12-6-5-11(9-19)13(8-12)14(15,16)17/h5-6,8,10,19H,2-4,7,9H2,1H3. The molecular formula is C14H18F3NO. The minimum absolute atomic E-state index is 0.0686. The van der Waals surface area contributed by atoms with Gasteiger partial charge in [-0.05, 0) is 43.9 Å². The van der Waals surface area contributed by atoms with E-state index in [0.29, 0.717) is 5.69 Å². The van der Waals surface area contributed by atoms with Crippen LogP contribution in [0.5, 0.6) is 0 Å². The van der Waals surface area contributed by atoms with Gasteiger partial charge in [0.05, 0.1) is 12.2 Å². The number of aliphatic hydroxyl groups excluding tert-OH is 1. The van der Waals surface area contributed by atoms with Gasteiger partial charge in [0.15, 0.2) is 0 Å². The van der Waals surface area contributed by atoms with Crippen molar-refractivity contribution >= 4 is 5.69 Å². The number of aliphatic hydroxyl groups is 1. The lowest BCUT2D eigenvalue weighted by atomic mass is 10.0. The Labute approximate surface area is 110 Å². The van der Waals surface area contributed by atoms with Gasteiger partial charge in [0, 0.05) is 18.3 Å². The Morgan fingerprint density at radius 3 is 2.63 bits per heavy atom. The molecule has 1 unspecified atom stereocenters. The molecule has 2 nitrogen and oxygen atoms in total. The fourth-order valence-corrected chi connectivity index (χ4v) is 2.63. The van der Waals surface area contributed by atoms with Crippen molar-refractivity contribution < 1.29 is 18.3 Å². The molecule has 1 atom stereocenters. The van der Waals surface area contributed by atoms with Crippen molar-refractivity contribution in [2.24, 2.45) is 0 Å². The zero-order chi connectivity index (χ0) is 14.0. The maximum Gasteiger partial charge on any atom is 0.416 e. The topological polar surface area (TPSA) is 23.5 Å². The molecule has 0 saturated carbocycles. The first-order valence-corrected chi connectivity index (χ1v) is 6.51. The fourth-order valence-electron chi connectivity index (χ4n) is 2.63. The van der Waals surface area contributed by atoms with Crippen LogP contribution >= 0.6 is 0 Å². The summed E-state index contributed by atoms with van der Waals surface area (Å²) in [5, 5.41) is 9.02. The number of benzene rings is 1. The Morgan fingerprint density at radius 2 is 2.05 bits per heavy atom. The molecule has 106 valence electrons. The van der Waals surface area contributed by atoms with Crippen molar-refractivity contribution in [1.29, 1.82) is 0 Å². The van der Waals surface area contributed by atoms with Gasteiger partial charge in [0.1, 0.15) is 0 Å². The van der Waals surface area contributed by atoms with Crippen LogP contribution in [0.2, 0.25) is 0 Å². The highest BCUT2D eigenvalue weighted by atomic mass is 19.4. The van der Waals surface area contributed by atoms with Gasteiger partial charge in [-0.25, -0.2) is 0 Å². The van der Waals surface area contributed by atoms with Crippen LogP contribution in [0, 0.1) is 0 Å². The highest BCUT2D eigenvalue weighted by molar-refractivity contribution is 5.52. The zero-order valence-electron chi connectivity index (χ0n) is 10.9. The summed E-state index contributed by atoms with van der Waals surface area (Å²) in [5.41, 5.74) is -0.206. The monoisotopic (exact) mass is 273 g/mol. The van der Waals surface area contributed by atoms with E-state index in [9.17, 15) is 13.2 Å². The molecule has 5 heteroatoms. The Balaban J connectivity index is 2.37. The molecule has 0 amide bonds. The molecule has 0 aromatic heterocycles. The lowest BCUT2D eigenvalue weighted by molar-refractivity contribution is -0.138. The largest absolute Gasteiger partial charge is 0.416 e. The molecule has 0 spiro atoms. The van der Waals surface area contributed by atoms with Crippen LogP contribution in [0.1, 0.15) is 37.3 Å². The first kappa shape index (κ1) is 14.2. The lowest BCUT2D eigenvalue weighted by Crippen LogP contribution is -2.37. The summed E-state index contributed by atoms with van der Waals surface area (Å²) in [6.07, 6.45) is -1.29. The smallest absolute Gasteiger partial charge is 0.392 e. The third kappa shape index (κ3) is 3.03. The maximum atomic E-state index is 13.0. The van der Waals surface area contributed by atoms with Gasteiger partial charge in [-0.15, -0.1) is 0 Å². The average molecular weight is 273 g/mol. The van der Waals surface area contributed by atoms with Crippen molar-refractivity contribution in [2.45, 2.75) is 45.0 Å². The van der Waals surface area contributed by atoms with Crippen molar-refractivity contribution in [3.8, 4) is 0 Å². The number of rotatable bonds is 2. The van der Waals surface area contributed by atoms with E-state index < -0.39 is 18.3 Å². The van der Waals surface area contributed by atoms with Crippen molar-refractivity contribution in [3.05, 3.63) is 29.3 Å². The van der Waals surface area contributed by atoms with Gasteiger partial charge in [0.2, 0.25) is 0 Å². The van der Waals surface area contributed by atoms with Crippen molar-refractivity contribution in [1.82, 2.24) is 0 Å². The van der Waals surface area contributed by atoms with Crippen LogP contribution in [-0.4, -0.2) is 17.7 Å². The number of halogens is 3. The van der Waals surface area contributed by atoms with Crippen LogP contribution in [0.4, 0.5) is 18.9 Å². The highest BCUT2D eigenvalue weighted by Crippen LogP contribution is 2.36. The molecular weight excluding hydrogens is 255 g/mol. The quantitative estimate of drug-likeness (QED) is 0.890. The van der Waals surface area contributed by atoms with Gasteiger partial charge < -0.3 is 10.0 Å². The summed E-state index contributed by atoms with van der Waals surface area (Å²) in [6, 6.07) is 4.46. The van der Waals surface area contributed by atoms with E-state index >= 15 is 0 Å². The fraction of sp³-hybridized carbons (Fsp3) is 0.571. The third-order valence-electron chi connectivity index (χ3n) is 3.70. The van der Waals surface area contributed by atoms with Gasteiger partial charge in [0.25, 0.3) is 0 Å². The number of piperidine rings is 1. The number of nitrogens with zero attached hydrogens (tertiary/aromatic N) is 1. The van der Waals surface area contributed by atoms with E-state index in [2.05, 4.69) is 0 Å². The molecule has 0 bridgehead atoms. The molecule has 0 radical (unpaired) electrons. The van der Waals surface area contributed by atoms with Crippen LogP contribution < -0.4 is 4.90 Å². The molecule has 1 saturated heterocycles. The molecule has 1 aromatic rings. The number of alkyl halides is 3. The molecule has 1 aliphatic rings. The molecule has 1 aromatic carbocycles. The van der Waals surface area contributed by atoms with E-state index in [1.54, 1.807) is 6.07 Å². The summed E-state index contributed by atoms with van der Waals surface area (Å²) in [6.45, 7) is 2.23. The molecule has 1 heterocycles. The van der Waals surface area contributed by atoms with Gasteiger partial charge >= 0.3 is 6.18 Å². The Kier molecular flexibility index (Phi) is 4.04. The van der Waals surface area contributed by atoms with Crippen LogP contribution in [0.3, 0.4) is 0 Å². The van der Waals surface area contributed by atoms with E-state index in [1.165, 1.54) is 6.07 Å². The van der Waals surface area contributed by atoms with Crippen molar-refractivity contribution in [3.63, 3.8) is 0 Å². The summed E-state index contributed by atoms with van der Waals surface area (Å²) >= 11 is 0. The normalized spacial score (nSPS) is 20.7. The predicted octanol–water partition coefficient (Wildman–Crippen LogP) is 3.58. The second-order valence-electron chi connectivity index (χ2n) is 5.04. The predicted molar refractivity (Wildman–Crippen MR) is 68.0 cm³/mol. The summed E-state index contributed by atoms with van der Waals surface area (Å²) in [5.74, 6) is 0. The van der Waals surface area contributed by atoms with Crippen LogP contribution in [-0.2, 0) is 12.8 Å². The summed E-state index contributed by atoms with van der Waals surface area (Å²) in [4.78, 5) is 2.01. The Hall–Kier alpha value is -1.23. The highest BCUT2D eigenvalue weighted by Gasteiger charge is 2.34. The molecule has 0 aliphatic carbocycles. The van der Waals surface area contributed by atoms with Gasteiger partial charge in [-0.1, -0.05) is 6.07 Å². The molecule has 1 N–H and O–H groups in total. The first-order chi connectivity index (χ1) is 8.93. The zero-order valence-corrected chi connectivity index (χ0v) is 10.9. The summed E-state index contributed by atoms with van der Waals surface area (Å²) in [7, 11) is 0. The maximum absolute atomic E-state index is 13.0. The molecule has 1 aliphatic heterocycles. The molecule has 19 heavy (non-hydrogen) atoms. The number of hydrogen-bond donors (Lipinski definition) is 1. The first-order valence-electron chi connectivity index (χ1n) is 6.51. The molecule has 1 fully saturated rings. The Morgan fingerprint density at radius 1 is 1.32 bits per heavy atom. The number of anilines is 1. The SMILES string of the molecule is CC1CCCCN1c1ccc(CO)c(C(F)(F)F)c1. The van der Waals surface area contributed by atoms with Crippen molar-refractivity contribution in [2.75, 3.05) is 11.4 Å². The van der Waals surface area contributed by atoms with E-state index in [1.807, 2.05) is 11.8 Å². The average Bonchev–Trinajstić information content (AvgIpc) is 2.37. The Bertz CT molecular complexity index is 445. The minimum Gasteiger partial charge on any atom is -0.392 e. The van der Waals surface area contributed by atoms with Gasteiger partial charge in [-0.2, -0.15) is 13.2 Å².